The molecule has 78 heavy (non-hydrogen) atoms. The Morgan fingerprint density at radius 1 is 0.885 bits per heavy atom. The molecule has 7 aromatic rings. The van der Waals surface area contributed by atoms with Crippen LogP contribution in [-0.2, 0) is 27.8 Å². The average Bonchev–Trinajstić information content (AvgIpc) is 4.20. The molecule has 5 aliphatic heterocycles. The minimum Gasteiger partial charge on any atom is -0.508 e. The van der Waals surface area contributed by atoms with Gasteiger partial charge in [0.2, 0.25) is 11.8 Å². The molecule has 3 N–H and O–H groups in total. The van der Waals surface area contributed by atoms with E-state index in [0.717, 1.165) is 74.9 Å². The lowest BCUT2D eigenvalue weighted by molar-refractivity contribution is -0.135. The number of piperidine rings is 3. The topological polar surface area (TPSA) is 197 Å². The summed E-state index contributed by atoms with van der Waals surface area (Å²) in [6.07, 6.45) is 8.67. The van der Waals surface area contributed by atoms with E-state index in [1.54, 1.807) is 24.6 Å². The Kier molecular flexibility index (Phi) is 13.2. The maximum atomic E-state index is 17.3. The summed E-state index contributed by atoms with van der Waals surface area (Å²) in [5.41, 5.74) is 2.81. The lowest BCUT2D eigenvalue weighted by atomic mass is 9.89. The predicted octanol–water partition coefficient (Wildman–Crippen LogP) is 7.99. The van der Waals surface area contributed by atoms with Crippen LogP contribution in [0.2, 0.25) is 0 Å². The highest BCUT2D eigenvalue weighted by atomic mass is 19.1. The minimum atomic E-state index is -1.01. The number of phenolic OH excluding ortho intramolecular Hbond substituents is 1. The number of aromatic hydroxyl groups is 1. The molecule has 17 nitrogen and oxygen atoms in total. The number of pyridine rings is 1. The van der Waals surface area contributed by atoms with E-state index in [1.807, 2.05) is 48.2 Å². The highest BCUT2D eigenvalue weighted by Gasteiger charge is 2.50. The van der Waals surface area contributed by atoms with Crippen molar-refractivity contribution in [3.63, 3.8) is 0 Å². The van der Waals surface area contributed by atoms with E-state index < -0.39 is 40.7 Å². The normalized spacial score (nSPS) is 23.2. The molecule has 0 saturated carbocycles. The van der Waals surface area contributed by atoms with Crippen molar-refractivity contribution in [1.82, 2.24) is 34.3 Å². The Morgan fingerprint density at radius 3 is 2.45 bits per heavy atom. The van der Waals surface area contributed by atoms with Gasteiger partial charge in [-0.25, -0.2) is 18.4 Å². The first-order chi connectivity index (χ1) is 37.6. The van der Waals surface area contributed by atoms with Crippen LogP contribution in [0.5, 0.6) is 11.8 Å². The van der Waals surface area contributed by atoms with Crippen molar-refractivity contribution in [3.05, 3.63) is 112 Å². The van der Waals surface area contributed by atoms with Crippen molar-refractivity contribution in [2.75, 3.05) is 55.7 Å². The summed E-state index contributed by atoms with van der Waals surface area (Å²) in [5, 5.41) is 25.6. The van der Waals surface area contributed by atoms with Crippen LogP contribution in [-0.4, -0.2) is 120 Å². The molecule has 4 atom stereocenters. The van der Waals surface area contributed by atoms with Crippen LogP contribution in [0.25, 0.3) is 44.0 Å². The fourth-order valence-electron chi connectivity index (χ4n) is 13.3. The molecule has 5 aliphatic rings. The van der Waals surface area contributed by atoms with Crippen LogP contribution in [0.15, 0.2) is 77.7 Å². The third kappa shape index (κ3) is 9.17. The third-order valence-electron chi connectivity index (χ3n) is 17.4. The molecule has 5 fully saturated rings. The van der Waals surface area contributed by atoms with Gasteiger partial charge in [0.1, 0.15) is 47.9 Å². The van der Waals surface area contributed by atoms with Gasteiger partial charge in [0.05, 0.1) is 33.1 Å². The van der Waals surface area contributed by atoms with Gasteiger partial charge in [-0.05, 0) is 160 Å². The lowest BCUT2D eigenvalue weighted by Crippen LogP contribution is -2.48. The number of esters is 1. The van der Waals surface area contributed by atoms with Gasteiger partial charge in [0.25, 0.3) is 0 Å². The number of aryl methyl sites for hydroxylation is 2. The predicted molar refractivity (Wildman–Crippen MR) is 290 cm³/mol. The highest BCUT2D eigenvalue weighted by Crippen LogP contribution is 2.44. The molecular formula is C59H63F2N9O8. The minimum absolute atomic E-state index is 0.0313. The lowest BCUT2D eigenvalue weighted by Gasteiger charge is -2.38. The van der Waals surface area contributed by atoms with Crippen LogP contribution in [0.3, 0.4) is 0 Å². The standard InChI is InChI=1S/C59H63F2N9O8/c1-4-41-44(60)13-9-37-27-40(71)29-42(49(37)41)51-50(61)52-43(30-62-51)53(68-23-5-20-58(2,76)32-68)65-56(64-52)78-33-59-21-6-24-69(59)39(17-22-59)31-77-55(74)35-7-11-38(12-8-35)67-25-18-34(19-26-67)36-10-14-45-47(28-36)66(3)57(75)70(45)46-15-16-48(72)63-54(46)73/h7-14,27-30,34,39,46,71,76H,4-6,15-26,31-33H2,1-3H3,(H,63,72,73)/t39-,46?,58+,59-/m0/s1. The zero-order chi connectivity index (χ0) is 54.2. The van der Waals surface area contributed by atoms with Gasteiger partial charge in [-0.1, -0.05) is 19.1 Å². The molecule has 1 unspecified atom stereocenters. The summed E-state index contributed by atoms with van der Waals surface area (Å²) in [5.74, 6) is -1.85. The first-order valence-electron chi connectivity index (χ1n) is 27.3. The van der Waals surface area contributed by atoms with Gasteiger partial charge in [-0.2, -0.15) is 9.97 Å². The van der Waals surface area contributed by atoms with Crippen molar-refractivity contribution in [2.24, 2.45) is 7.05 Å². The molecule has 0 radical (unpaired) electrons. The number of nitrogens with one attached hydrogen (secondary N) is 1. The number of carbonyl (C=O) groups is 3. The second kappa shape index (κ2) is 20.1. The van der Waals surface area contributed by atoms with Gasteiger partial charge < -0.3 is 29.5 Å². The Hall–Kier alpha value is -7.51. The molecule has 2 amide bonds. The van der Waals surface area contributed by atoms with E-state index in [9.17, 15) is 29.4 Å². The number of β-amino-alcohol motifs (C(OH)–C–C–N with tert-alkyl or cyclic N) is 1. The first kappa shape index (κ1) is 51.3. The van der Waals surface area contributed by atoms with Crippen LogP contribution < -0.4 is 25.5 Å². The van der Waals surface area contributed by atoms with Crippen molar-refractivity contribution in [2.45, 2.75) is 114 Å². The number of carbonyl (C=O) groups excluding carboxylic acids is 3. The molecule has 0 aliphatic carbocycles. The van der Waals surface area contributed by atoms with Crippen LogP contribution in [0, 0.1) is 11.6 Å². The number of aliphatic hydroxyl groups is 1. The number of phenols is 1. The van der Waals surface area contributed by atoms with Crippen molar-refractivity contribution in [3.8, 4) is 23.0 Å². The van der Waals surface area contributed by atoms with E-state index in [-0.39, 0.29) is 84.7 Å². The zero-order valence-corrected chi connectivity index (χ0v) is 44.1. The monoisotopic (exact) mass is 1060 g/mol. The fourth-order valence-corrected chi connectivity index (χ4v) is 13.3. The molecule has 0 bridgehead atoms. The van der Waals surface area contributed by atoms with Gasteiger partial charge in [0.15, 0.2) is 5.82 Å². The number of imidazole rings is 1. The third-order valence-corrected chi connectivity index (χ3v) is 17.4. The molecule has 8 heterocycles. The van der Waals surface area contributed by atoms with Crippen LogP contribution >= 0.6 is 0 Å². The molecule has 4 aromatic carbocycles. The molecule has 19 heteroatoms. The van der Waals surface area contributed by atoms with Crippen molar-refractivity contribution >= 4 is 62.0 Å². The van der Waals surface area contributed by atoms with E-state index in [4.69, 9.17) is 19.4 Å². The average molecular weight is 1060 g/mol. The Balaban J connectivity index is 0.707. The van der Waals surface area contributed by atoms with Crippen LogP contribution in [0.4, 0.5) is 20.3 Å². The first-order valence-corrected chi connectivity index (χ1v) is 27.3. The number of fused-ring (bicyclic) bond motifs is 4. The number of aromatic nitrogens is 5. The number of hydrogen-bond acceptors (Lipinski definition) is 14. The molecule has 3 aromatic heterocycles. The number of hydrogen-bond donors (Lipinski definition) is 3. The summed E-state index contributed by atoms with van der Waals surface area (Å²) in [7, 11) is 1.71. The number of ether oxygens (including phenoxy) is 2. The fraction of sp³-hybridized carbons (Fsp3) is 0.441. The Morgan fingerprint density at radius 2 is 1.68 bits per heavy atom. The number of halogens is 2. The van der Waals surface area contributed by atoms with Gasteiger partial charge in [0, 0.05) is 63.1 Å². The molecular weight excluding hydrogens is 1000 g/mol. The summed E-state index contributed by atoms with van der Waals surface area (Å²) in [6, 6.07) is 18.6. The van der Waals surface area contributed by atoms with E-state index in [1.165, 1.54) is 29.0 Å². The Bertz CT molecular complexity index is 3610. The van der Waals surface area contributed by atoms with Gasteiger partial charge >= 0.3 is 17.7 Å². The molecule has 0 spiro atoms. The molecule has 5 saturated heterocycles. The highest BCUT2D eigenvalue weighted by molar-refractivity contribution is 6.02. The molecule has 12 rings (SSSR count). The maximum Gasteiger partial charge on any atom is 0.338 e. The maximum absolute atomic E-state index is 17.3. The van der Waals surface area contributed by atoms with Crippen LogP contribution in [0.1, 0.15) is 112 Å². The second-order valence-corrected chi connectivity index (χ2v) is 22.3. The quantitative estimate of drug-likeness (QED) is 0.0786. The van der Waals surface area contributed by atoms with E-state index in [2.05, 4.69) is 26.2 Å². The Labute approximate surface area is 448 Å². The second-order valence-electron chi connectivity index (χ2n) is 22.3. The largest absolute Gasteiger partial charge is 0.508 e. The van der Waals surface area contributed by atoms with E-state index in [0.29, 0.717) is 64.4 Å². The SMILES string of the molecule is CCc1c(F)ccc2cc(O)cc(-c3ncc4c(N5CCC[C@@](C)(O)C5)nc(OC[C@@]56CCCN5[C@H](COC(=O)c5ccc(N7CCC(c8ccc9c(c8)n(C)c(=O)n9C8CCC(=O)NC8=O)CC7)cc5)CC6)nc4c3F)c12. The van der Waals surface area contributed by atoms with Crippen molar-refractivity contribution in [1.29, 1.82) is 0 Å². The van der Waals surface area contributed by atoms with Gasteiger partial charge in [-0.3, -0.25) is 33.9 Å². The number of amides is 2. The number of imide groups is 1. The number of rotatable bonds is 12. The summed E-state index contributed by atoms with van der Waals surface area (Å²) >= 11 is 0. The smallest absolute Gasteiger partial charge is 0.338 e. The van der Waals surface area contributed by atoms with E-state index >= 15 is 8.78 Å². The molecule has 406 valence electrons. The summed E-state index contributed by atoms with van der Waals surface area (Å²) in [6.45, 7) is 7.21. The zero-order valence-electron chi connectivity index (χ0n) is 44.1. The number of nitrogens with zero attached hydrogens (tertiary/aromatic N) is 8. The van der Waals surface area contributed by atoms with Crippen molar-refractivity contribution < 1.29 is 42.9 Å². The summed E-state index contributed by atoms with van der Waals surface area (Å²) in [4.78, 5) is 72.1. The number of anilines is 2. The van der Waals surface area contributed by atoms with Gasteiger partial charge in [-0.15, -0.1) is 0 Å². The summed E-state index contributed by atoms with van der Waals surface area (Å²) < 4.78 is 48.1. The number of benzene rings is 4.